The van der Waals surface area contributed by atoms with Crippen molar-refractivity contribution in [2.75, 3.05) is 22.0 Å². The van der Waals surface area contributed by atoms with Crippen molar-refractivity contribution < 1.29 is 8.42 Å². The number of nitrogens with one attached hydrogen (secondary N) is 1. The number of thioether (sulfide) groups is 1. The zero-order valence-corrected chi connectivity index (χ0v) is 13.5. The highest BCUT2D eigenvalue weighted by Gasteiger charge is 2.11. The van der Waals surface area contributed by atoms with Crippen LogP contribution >= 0.6 is 23.4 Å². The van der Waals surface area contributed by atoms with Crippen LogP contribution in [0.2, 0.25) is 5.02 Å². The summed E-state index contributed by atoms with van der Waals surface area (Å²) in [5.74, 6) is 0.436. The zero-order chi connectivity index (χ0) is 15.3. The molecule has 21 heavy (non-hydrogen) atoms. The van der Waals surface area contributed by atoms with E-state index in [-0.39, 0.29) is 5.75 Å². The van der Waals surface area contributed by atoms with Gasteiger partial charge in [-0.2, -0.15) is 0 Å². The molecule has 4 nitrogen and oxygen atoms in total. The first-order valence-corrected chi connectivity index (χ1v) is 9.21. The smallest absolute Gasteiger partial charge is 0.233 e. The first-order chi connectivity index (χ1) is 9.96. The van der Waals surface area contributed by atoms with Crippen molar-refractivity contribution in [3.8, 4) is 0 Å². The first-order valence-electron chi connectivity index (χ1n) is 6.20. The van der Waals surface area contributed by atoms with Crippen molar-refractivity contribution in [1.29, 1.82) is 0 Å². The Kier molecular flexibility index (Phi) is 5.39. The minimum atomic E-state index is -3.39. The average Bonchev–Trinajstić information content (AvgIpc) is 2.43. The van der Waals surface area contributed by atoms with Crippen LogP contribution in [0.4, 0.5) is 11.4 Å². The summed E-state index contributed by atoms with van der Waals surface area (Å²) in [6.07, 6.45) is 0. The minimum Gasteiger partial charge on any atom is -0.398 e. The first kappa shape index (κ1) is 16.0. The minimum absolute atomic E-state index is 0.00856. The van der Waals surface area contributed by atoms with Gasteiger partial charge < -0.3 is 5.73 Å². The standard InChI is InChI=1S/C14H15ClN2O2S2/c15-11-5-7-12(8-6-11)17-21(18,19)10-9-20-14-4-2-1-3-13(14)16/h1-8,17H,9-10,16H2. The number of hydrogen-bond donors (Lipinski definition) is 2. The van der Waals surface area contributed by atoms with E-state index in [0.717, 1.165) is 4.90 Å². The van der Waals surface area contributed by atoms with Gasteiger partial charge in [0.1, 0.15) is 0 Å². The van der Waals surface area contributed by atoms with Crippen LogP contribution in [-0.2, 0) is 10.0 Å². The maximum Gasteiger partial charge on any atom is 0.233 e. The molecule has 7 heteroatoms. The van der Waals surface area contributed by atoms with E-state index in [9.17, 15) is 8.42 Å². The van der Waals surface area contributed by atoms with Crippen LogP contribution in [-0.4, -0.2) is 19.9 Å². The number of hydrogen-bond acceptors (Lipinski definition) is 4. The topological polar surface area (TPSA) is 72.2 Å². The molecule has 0 saturated heterocycles. The van der Waals surface area contributed by atoms with Gasteiger partial charge in [-0.05, 0) is 36.4 Å². The number of benzene rings is 2. The third-order valence-electron chi connectivity index (χ3n) is 2.65. The summed E-state index contributed by atoms with van der Waals surface area (Å²) in [4.78, 5) is 0.888. The van der Waals surface area contributed by atoms with E-state index in [1.54, 1.807) is 30.3 Å². The van der Waals surface area contributed by atoms with Gasteiger partial charge in [0.2, 0.25) is 10.0 Å². The molecule has 0 aliphatic heterocycles. The van der Waals surface area contributed by atoms with E-state index in [0.29, 0.717) is 22.2 Å². The van der Waals surface area contributed by atoms with E-state index in [1.165, 1.54) is 11.8 Å². The van der Waals surface area contributed by atoms with Gasteiger partial charge in [-0.1, -0.05) is 23.7 Å². The molecule has 2 rings (SSSR count). The summed E-state index contributed by atoms with van der Waals surface area (Å²) < 4.78 is 26.5. The number of nitrogen functional groups attached to an aromatic ring is 1. The molecule has 0 aliphatic rings. The second-order valence-corrected chi connectivity index (χ2v) is 7.73. The van der Waals surface area contributed by atoms with Crippen LogP contribution in [0.5, 0.6) is 0 Å². The van der Waals surface area contributed by atoms with Crippen molar-refractivity contribution in [3.63, 3.8) is 0 Å². The van der Waals surface area contributed by atoms with Crippen molar-refractivity contribution in [1.82, 2.24) is 0 Å². The predicted octanol–water partition coefficient (Wildman–Crippen LogP) is 3.46. The molecule has 3 N–H and O–H groups in total. The molecule has 2 aromatic rings. The fraction of sp³-hybridized carbons (Fsp3) is 0.143. The maximum atomic E-state index is 12.0. The lowest BCUT2D eigenvalue weighted by molar-refractivity contribution is 0.602. The SMILES string of the molecule is Nc1ccccc1SCCS(=O)(=O)Nc1ccc(Cl)cc1. The van der Waals surface area contributed by atoms with Gasteiger partial charge in [0.25, 0.3) is 0 Å². The third-order valence-corrected chi connectivity index (χ3v) is 5.54. The Morgan fingerprint density at radius 3 is 2.43 bits per heavy atom. The largest absolute Gasteiger partial charge is 0.398 e. The van der Waals surface area contributed by atoms with Gasteiger partial charge in [-0.3, -0.25) is 4.72 Å². The molecule has 0 radical (unpaired) electrons. The van der Waals surface area contributed by atoms with Crippen LogP contribution in [0, 0.1) is 0 Å². The van der Waals surface area contributed by atoms with Crippen molar-refractivity contribution >= 4 is 44.8 Å². The van der Waals surface area contributed by atoms with Crippen LogP contribution in [0.15, 0.2) is 53.4 Å². The maximum absolute atomic E-state index is 12.0. The summed E-state index contributed by atoms with van der Waals surface area (Å²) in [5.41, 5.74) is 6.97. The van der Waals surface area contributed by atoms with Crippen molar-refractivity contribution in [3.05, 3.63) is 53.6 Å². The monoisotopic (exact) mass is 342 g/mol. The second kappa shape index (κ2) is 7.06. The highest BCUT2D eigenvalue weighted by Crippen LogP contribution is 2.24. The van der Waals surface area contributed by atoms with Gasteiger partial charge in [0.15, 0.2) is 0 Å². The Morgan fingerprint density at radius 2 is 1.76 bits per heavy atom. The number of nitrogens with two attached hydrogens (primary N) is 1. The van der Waals surface area contributed by atoms with E-state index < -0.39 is 10.0 Å². The molecule has 0 heterocycles. The Morgan fingerprint density at radius 1 is 1.10 bits per heavy atom. The molecular weight excluding hydrogens is 328 g/mol. The Bertz CT molecular complexity index is 703. The van der Waals surface area contributed by atoms with Gasteiger partial charge in [-0.15, -0.1) is 11.8 Å². The lowest BCUT2D eigenvalue weighted by Crippen LogP contribution is -2.18. The summed E-state index contributed by atoms with van der Waals surface area (Å²) >= 11 is 7.18. The van der Waals surface area contributed by atoms with E-state index >= 15 is 0 Å². The highest BCUT2D eigenvalue weighted by atomic mass is 35.5. The number of sulfonamides is 1. The molecule has 0 aliphatic carbocycles. The van der Waals surface area contributed by atoms with Crippen LogP contribution in [0.25, 0.3) is 0 Å². The van der Waals surface area contributed by atoms with Gasteiger partial charge in [-0.25, -0.2) is 8.42 Å². The lowest BCUT2D eigenvalue weighted by atomic mass is 10.3. The van der Waals surface area contributed by atoms with E-state index in [4.69, 9.17) is 17.3 Å². The molecule has 0 unspecified atom stereocenters. The van der Waals surface area contributed by atoms with Crippen LogP contribution in [0.3, 0.4) is 0 Å². The van der Waals surface area contributed by atoms with Crippen molar-refractivity contribution in [2.45, 2.75) is 4.90 Å². The fourth-order valence-corrected chi connectivity index (χ4v) is 4.19. The van der Waals surface area contributed by atoms with Gasteiger partial charge in [0.05, 0.1) is 5.75 Å². The molecule has 0 atom stereocenters. The van der Waals surface area contributed by atoms with Crippen LogP contribution < -0.4 is 10.5 Å². The predicted molar refractivity (Wildman–Crippen MR) is 90.4 cm³/mol. The molecule has 0 bridgehead atoms. The lowest BCUT2D eigenvalue weighted by Gasteiger charge is -2.08. The normalized spacial score (nSPS) is 11.3. The number of rotatable bonds is 6. The Hall–Kier alpha value is -1.37. The highest BCUT2D eigenvalue weighted by molar-refractivity contribution is 8.01. The second-order valence-electron chi connectivity index (χ2n) is 4.31. The molecular formula is C14H15ClN2O2S2. The fourth-order valence-electron chi connectivity index (χ4n) is 1.62. The summed E-state index contributed by atoms with van der Waals surface area (Å²) in [6, 6.07) is 13.9. The summed E-state index contributed by atoms with van der Waals surface area (Å²) in [6.45, 7) is 0. The number of para-hydroxylation sites is 1. The Labute approximate surface area is 133 Å². The third kappa shape index (κ3) is 5.15. The molecule has 112 valence electrons. The molecule has 2 aromatic carbocycles. The van der Waals surface area contributed by atoms with Crippen LogP contribution in [0.1, 0.15) is 0 Å². The molecule has 0 amide bonds. The van der Waals surface area contributed by atoms with Gasteiger partial charge in [0, 0.05) is 27.0 Å². The Balaban J connectivity index is 1.90. The van der Waals surface area contributed by atoms with E-state index in [1.807, 2.05) is 18.2 Å². The summed E-state index contributed by atoms with van der Waals surface area (Å²) in [5, 5.41) is 0.563. The summed E-state index contributed by atoms with van der Waals surface area (Å²) in [7, 11) is -3.39. The van der Waals surface area contributed by atoms with Gasteiger partial charge >= 0.3 is 0 Å². The molecule has 0 fully saturated rings. The molecule has 0 aromatic heterocycles. The zero-order valence-electron chi connectivity index (χ0n) is 11.1. The quantitative estimate of drug-likeness (QED) is 0.623. The molecule has 0 saturated carbocycles. The van der Waals surface area contributed by atoms with E-state index in [2.05, 4.69) is 4.72 Å². The number of anilines is 2. The number of halogens is 1. The average molecular weight is 343 g/mol. The van der Waals surface area contributed by atoms with Crippen molar-refractivity contribution in [2.24, 2.45) is 0 Å². The molecule has 0 spiro atoms.